The summed E-state index contributed by atoms with van der Waals surface area (Å²) in [6, 6.07) is -1.54. The molecule has 0 aromatic heterocycles. The van der Waals surface area contributed by atoms with Crippen LogP contribution in [0.5, 0.6) is 0 Å². The topological polar surface area (TPSA) is 239 Å². The Hall–Kier alpha value is -1.86. The molecular formula is C28H61N9O7. The van der Waals surface area contributed by atoms with E-state index in [0.717, 1.165) is 97.3 Å². The zero-order valence-corrected chi connectivity index (χ0v) is 26.6. The van der Waals surface area contributed by atoms with E-state index in [4.69, 9.17) is 25.7 Å². The van der Waals surface area contributed by atoms with E-state index in [9.17, 15) is 19.8 Å². The number of nitrogens with one attached hydrogen (secondary N) is 7. The van der Waals surface area contributed by atoms with Crippen LogP contribution in [0, 0.1) is 0 Å². The third-order valence-corrected chi connectivity index (χ3v) is 7.02. The predicted molar refractivity (Wildman–Crippen MR) is 169 cm³/mol. The highest BCUT2D eigenvalue weighted by atomic mass is 16.7. The first-order valence-corrected chi connectivity index (χ1v) is 16.2. The molecule has 0 bridgehead atoms. The number of hydrogen-bond acceptors (Lipinski definition) is 13. The Morgan fingerprint density at radius 2 is 1.20 bits per heavy atom. The van der Waals surface area contributed by atoms with Gasteiger partial charge >= 0.3 is 12.1 Å². The highest BCUT2D eigenvalue weighted by Gasteiger charge is 2.46. The Bertz CT molecular complexity index is 712. The van der Waals surface area contributed by atoms with Crippen molar-refractivity contribution in [3.63, 3.8) is 0 Å². The van der Waals surface area contributed by atoms with E-state index in [2.05, 4.69) is 37.2 Å². The normalized spacial score (nSPS) is 21.6. The van der Waals surface area contributed by atoms with Crippen LogP contribution >= 0.6 is 0 Å². The molecule has 16 nitrogen and oxygen atoms in total. The Kier molecular flexibility index (Phi) is 25.1. The number of carbonyl (C=O) groups is 2. The van der Waals surface area contributed by atoms with E-state index < -0.39 is 42.8 Å². The molecule has 0 aromatic rings. The van der Waals surface area contributed by atoms with Gasteiger partial charge in [-0.25, -0.2) is 9.59 Å². The predicted octanol–water partition coefficient (Wildman–Crippen LogP) is -2.52. The highest BCUT2D eigenvalue weighted by Crippen LogP contribution is 2.22. The first kappa shape index (κ1) is 40.2. The van der Waals surface area contributed by atoms with Crippen molar-refractivity contribution >= 4 is 12.1 Å². The molecule has 3 amide bonds. The maximum absolute atomic E-state index is 12.4. The zero-order chi connectivity index (χ0) is 32.3. The number of hydrogen-bond donors (Lipinski definition) is 11. The van der Waals surface area contributed by atoms with Crippen molar-refractivity contribution in [2.45, 2.75) is 75.6 Å². The van der Waals surface area contributed by atoms with Crippen LogP contribution in [-0.2, 0) is 14.2 Å². The van der Waals surface area contributed by atoms with Gasteiger partial charge in [0.05, 0.1) is 0 Å². The molecular weight excluding hydrogens is 574 g/mol. The van der Waals surface area contributed by atoms with Crippen molar-refractivity contribution in [2.24, 2.45) is 11.5 Å². The van der Waals surface area contributed by atoms with Crippen molar-refractivity contribution in [2.75, 3.05) is 92.3 Å². The average Bonchev–Trinajstić information content (AvgIpc) is 3.02. The molecule has 1 aliphatic heterocycles. The fourth-order valence-electron chi connectivity index (χ4n) is 4.48. The molecule has 1 aliphatic rings. The molecule has 44 heavy (non-hydrogen) atoms. The van der Waals surface area contributed by atoms with Crippen molar-refractivity contribution < 1.29 is 34.0 Å². The van der Waals surface area contributed by atoms with Crippen molar-refractivity contribution in [1.29, 1.82) is 0 Å². The first-order chi connectivity index (χ1) is 21.4. The Morgan fingerprint density at radius 1 is 0.682 bits per heavy atom. The number of amides is 3. The number of carbonyl (C=O) groups excluding carboxylic acids is 2. The quantitative estimate of drug-likeness (QED) is 0.0419. The molecule has 16 heteroatoms. The van der Waals surface area contributed by atoms with Gasteiger partial charge in [-0.3, -0.25) is 0 Å². The van der Waals surface area contributed by atoms with Gasteiger partial charge in [0, 0.05) is 33.3 Å². The molecule has 1 saturated heterocycles. The van der Waals surface area contributed by atoms with Crippen LogP contribution in [0.25, 0.3) is 0 Å². The van der Waals surface area contributed by atoms with Gasteiger partial charge in [0.1, 0.15) is 31.0 Å². The molecule has 0 aromatic carbocycles. The largest absolute Gasteiger partial charge is 0.447 e. The van der Waals surface area contributed by atoms with Crippen LogP contribution in [0.15, 0.2) is 0 Å². The van der Waals surface area contributed by atoms with Gasteiger partial charge in [-0.1, -0.05) is 0 Å². The summed E-state index contributed by atoms with van der Waals surface area (Å²) in [4.78, 5) is 24.5. The highest BCUT2D eigenvalue weighted by molar-refractivity contribution is 5.74. The number of rotatable bonds is 27. The third-order valence-electron chi connectivity index (χ3n) is 7.02. The smallest absolute Gasteiger partial charge is 0.407 e. The first-order valence-electron chi connectivity index (χ1n) is 16.2. The van der Waals surface area contributed by atoms with Crippen molar-refractivity contribution in [3.05, 3.63) is 0 Å². The van der Waals surface area contributed by atoms with Crippen molar-refractivity contribution in [1.82, 2.24) is 37.2 Å². The van der Waals surface area contributed by atoms with Crippen LogP contribution in [0.4, 0.5) is 9.59 Å². The SMILES string of the molecule is COC1OC(COC(=O)NCCCNCCCCNCCCN)C(O)C(O)C1NC(=O)NCCCNCCCCNCCN. The summed E-state index contributed by atoms with van der Waals surface area (Å²) < 4.78 is 16.2. The van der Waals surface area contributed by atoms with E-state index in [-0.39, 0.29) is 6.61 Å². The number of nitrogens with two attached hydrogens (primary N) is 2. The van der Waals surface area contributed by atoms with E-state index in [1.165, 1.54) is 7.11 Å². The summed E-state index contributed by atoms with van der Waals surface area (Å²) in [5, 5.41) is 42.5. The van der Waals surface area contributed by atoms with Gasteiger partial charge in [0.2, 0.25) is 0 Å². The molecule has 0 saturated carbocycles. The fourth-order valence-corrected chi connectivity index (χ4v) is 4.48. The average molecular weight is 636 g/mol. The van der Waals surface area contributed by atoms with Gasteiger partial charge in [-0.15, -0.1) is 0 Å². The summed E-state index contributed by atoms with van der Waals surface area (Å²) in [5.74, 6) is 0. The minimum absolute atomic E-state index is 0.294. The van der Waals surface area contributed by atoms with Gasteiger partial charge in [0.15, 0.2) is 6.29 Å². The van der Waals surface area contributed by atoms with Crippen LogP contribution in [0.3, 0.4) is 0 Å². The third kappa shape index (κ3) is 19.5. The lowest BCUT2D eigenvalue weighted by Gasteiger charge is -2.41. The molecule has 1 heterocycles. The number of ether oxygens (including phenoxy) is 3. The molecule has 5 unspecified atom stereocenters. The summed E-state index contributed by atoms with van der Waals surface area (Å²) in [6.45, 7) is 8.95. The molecule has 13 N–H and O–H groups in total. The van der Waals surface area contributed by atoms with Crippen LogP contribution in [-0.4, -0.2) is 145 Å². The molecule has 1 fully saturated rings. The summed E-state index contributed by atoms with van der Waals surface area (Å²) in [5.41, 5.74) is 10.9. The monoisotopic (exact) mass is 635 g/mol. The fraction of sp³-hybridized carbons (Fsp3) is 0.929. The van der Waals surface area contributed by atoms with E-state index in [1.807, 2.05) is 0 Å². The summed E-state index contributed by atoms with van der Waals surface area (Å²) in [6.07, 6.45) is 1.19. The van der Waals surface area contributed by atoms with Crippen LogP contribution < -0.4 is 48.7 Å². The van der Waals surface area contributed by atoms with Crippen LogP contribution in [0.1, 0.15) is 44.9 Å². The second-order valence-corrected chi connectivity index (χ2v) is 10.8. The van der Waals surface area contributed by atoms with Crippen molar-refractivity contribution in [3.8, 4) is 0 Å². The van der Waals surface area contributed by atoms with E-state index in [0.29, 0.717) is 26.2 Å². The lowest BCUT2D eigenvalue weighted by atomic mass is 9.97. The molecule has 1 rings (SSSR count). The summed E-state index contributed by atoms with van der Waals surface area (Å²) >= 11 is 0. The molecule has 260 valence electrons. The van der Waals surface area contributed by atoms with Gasteiger partial charge in [-0.05, 0) is 97.3 Å². The second-order valence-electron chi connectivity index (χ2n) is 10.8. The Morgan fingerprint density at radius 3 is 1.75 bits per heavy atom. The number of urea groups is 1. The van der Waals surface area contributed by atoms with Gasteiger partial charge < -0.3 is 73.1 Å². The van der Waals surface area contributed by atoms with Gasteiger partial charge in [-0.2, -0.15) is 0 Å². The Labute approximate surface area is 262 Å². The maximum atomic E-state index is 12.4. The molecule has 0 spiro atoms. The number of unbranched alkanes of at least 4 members (excludes halogenated alkanes) is 2. The maximum Gasteiger partial charge on any atom is 0.407 e. The minimum Gasteiger partial charge on any atom is -0.447 e. The number of alkyl carbamates (subject to hydrolysis) is 1. The molecule has 0 aliphatic carbocycles. The second kappa shape index (κ2) is 27.5. The number of aliphatic hydroxyl groups excluding tert-OH is 2. The van der Waals surface area contributed by atoms with Crippen LogP contribution in [0.2, 0.25) is 0 Å². The van der Waals surface area contributed by atoms with E-state index >= 15 is 0 Å². The Balaban J connectivity index is 2.16. The van der Waals surface area contributed by atoms with Gasteiger partial charge in [0.25, 0.3) is 0 Å². The minimum atomic E-state index is -1.41. The number of methoxy groups -OCH3 is 1. The lowest BCUT2D eigenvalue weighted by Crippen LogP contribution is -2.65. The molecule has 5 atom stereocenters. The summed E-state index contributed by atoms with van der Waals surface area (Å²) in [7, 11) is 1.36. The lowest BCUT2D eigenvalue weighted by molar-refractivity contribution is -0.261. The molecule has 0 radical (unpaired) electrons. The zero-order valence-electron chi connectivity index (χ0n) is 26.6. The standard InChI is InChI=1S/C28H61N9O7/c1-42-26-23(37-27(40)35-18-7-16-32-13-4-5-14-34-20-10-30)25(39)24(38)22(44-26)21-43-28(41)36-19-8-17-33-12-3-2-11-31-15-6-9-29/h22-26,31-34,38-39H,2-21,29-30H2,1H3,(H,36,41)(H2,35,37,40). The number of aliphatic hydroxyl groups is 2. The van der Waals surface area contributed by atoms with E-state index in [1.54, 1.807) is 0 Å².